The number of rotatable bonds is 4. The van der Waals surface area contributed by atoms with E-state index >= 15 is 0 Å². The summed E-state index contributed by atoms with van der Waals surface area (Å²) in [6.07, 6.45) is 4.89. The maximum Gasteiger partial charge on any atom is 0.289 e. The molecule has 0 spiro atoms. The highest BCUT2D eigenvalue weighted by atomic mass is 16.5. The van der Waals surface area contributed by atoms with Gasteiger partial charge in [-0.3, -0.25) is 9.69 Å². The number of hydrogen-bond donors (Lipinski definition) is 0. The minimum absolute atomic E-state index is 0.0136. The number of carbonyl (C=O) groups excluding carboxylic acids is 1. The third-order valence-electron chi connectivity index (χ3n) is 5.95. The van der Waals surface area contributed by atoms with Crippen molar-refractivity contribution in [3.63, 3.8) is 0 Å². The molecule has 150 valence electrons. The second-order valence-corrected chi connectivity index (χ2v) is 7.58. The van der Waals surface area contributed by atoms with Gasteiger partial charge >= 0.3 is 0 Å². The van der Waals surface area contributed by atoms with Gasteiger partial charge in [0.25, 0.3) is 5.91 Å². The fourth-order valence-electron chi connectivity index (χ4n) is 4.36. The number of ether oxygens (including phenoxy) is 1. The highest BCUT2D eigenvalue weighted by Crippen LogP contribution is 2.26. The summed E-state index contributed by atoms with van der Waals surface area (Å²) in [6, 6.07) is 12.4. The molecule has 2 fully saturated rings. The fraction of sp³-hybridized carbons (Fsp3) is 0.500. The monoisotopic (exact) mass is 383 g/mol. The molecule has 0 radical (unpaired) electrons. The van der Waals surface area contributed by atoms with E-state index in [4.69, 9.17) is 9.15 Å². The van der Waals surface area contributed by atoms with Crippen LogP contribution in [0.25, 0.3) is 0 Å². The third kappa shape index (κ3) is 4.17. The van der Waals surface area contributed by atoms with Crippen molar-refractivity contribution in [3.05, 3.63) is 48.4 Å². The van der Waals surface area contributed by atoms with Gasteiger partial charge in [-0.05, 0) is 43.5 Å². The molecular formula is C22H29N3O3. The lowest BCUT2D eigenvalue weighted by atomic mass is 10.0. The van der Waals surface area contributed by atoms with Crippen LogP contribution in [0.1, 0.15) is 29.8 Å². The number of amides is 1. The van der Waals surface area contributed by atoms with Crippen LogP contribution in [0.2, 0.25) is 0 Å². The molecule has 4 rings (SSSR count). The lowest BCUT2D eigenvalue weighted by Gasteiger charge is -2.39. The van der Waals surface area contributed by atoms with Gasteiger partial charge in [0.2, 0.25) is 0 Å². The first kappa shape index (κ1) is 18.9. The smallest absolute Gasteiger partial charge is 0.289 e. The molecule has 0 N–H and O–H groups in total. The van der Waals surface area contributed by atoms with Gasteiger partial charge in [-0.15, -0.1) is 0 Å². The Kier molecular flexibility index (Phi) is 5.86. The average molecular weight is 383 g/mol. The summed E-state index contributed by atoms with van der Waals surface area (Å²) >= 11 is 0. The number of furan rings is 1. The first-order chi connectivity index (χ1) is 13.7. The quantitative estimate of drug-likeness (QED) is 0.812. The Hall–Kier alpha value is -2.47. The first-order valence-electron chi connectivity index (χ1n) is 10.2. The molecule has 6 nitrogen and oxygen atoms in total. The van der Waals surface area contributed by atoms with Gasteiger partial charge in [0.15, 0.2) is 5.76 Å². The SMILES string of the molecule is COc1cccc(N2CCC(N3CCCN(C(=O)c4ccco4)CC3)CC2)c1. The molecule has 2 aliphatic heterocycles. The number of piperidine rings is 1. The van der Waals surface area contributed by atoms with E-state index in [1.165, 1.54) is 5.69 Å². The van der Waals surface area contributed by atoms with Crippen molar-refractivity contribution in [2.24, 2.45) is 0 Å². The Morgan fingerprint density at radius 1 is 1.04 bits per heavy atom. The largest absolute Gasteiger partial charge is 0.497 e. The van der Waals surface area contributed by atoms with Crippen LogP contribution < -0.4 is 9.64 Å². The van der Waals surface area contributed by atoms with Crippen molar-refractivity contribution >= 4 is 11.6 Å². The van der Waals surface area contributed by atoms with Crippen molar-refractivity contribution in [2.45, 2.75) is 25.3 Å². The van der Waals surface area contributed by atoms with Crippen molar-refractivity contribution in [1.29, 1.82) is 0 Å². The zero-order valence-corrected chi connectivity index (χ0v) is 16.5. The topological polar surface area (TPSA) is 49.2 Å². The Morgan fingerprint density at radius 2 is 1.89 bits per heavy atom. The Balaban J connectivity index is 1.30. The fourth-order valence-corrected chi connectivity index (χ4v) is 4.36. The molecule has 2 aliphatic rings. The van der Waals surface area contributed by atoms with Crippen LogP contribution in [0, 0.1) is 0 Å². The summed E-state index contributed by atoms with van der Waals surface area (Å²) in [5.41, 5.74) is 1.24. The maximum absolute atomic E-state index is 12.5. The summed E-state index contributed by atoms with van der Waals surface area (Å²) in [6.45, 7) is 5.70. The number of methoxy groups -OCH3 is 1. The normalized spacial score (nSPS) is 19.5. The van der Waals surface area contributed by atoms with E-state index in [0.717, 1.165) is 64.3 Å². The Bertz CT molecular complexity index is 769. The summed E-state index contributed by atoms with van der Waals surface area (Å²) in [5, 5.41) is 0. The van der Waals surface area contributed by atoms with Gasteiger partial charge < -0.3 is 19.0 Å². The highest BCUT2D eigenvalue weighted by Gasteiger charge is 2.28. The van der Waals surface area contributed by atoms with Gasteiger partial charge in [-0.25, -0.2) is 0 Å². The van der Waals surface area contributed by atoms with E-state index in [0.29, 0.717) is 11.8 Å². The van der Waals surface area contributed by atoms with Crippen LogP contribution in [0.4, 0.5) is 5.69 Å². The predicted octanol–water partition coefficient (Wildman–Crippen LogP) is 3.11. The third-order valence-corrected chi connectivity index (χ3v) is 5.95. The zero-order chi connectivity index (χ0) is 19.3. The molecule has 0 saturated carbocycles. The highest BCUT2D eigenvalue weighted by molar-refractivity contribution is 5.91. The molecule has 3 heterocycles. The molecule has 0 aliphatic carbocycles. The molecule has 6 heteroatoms. The van der Waals surface area contributed by atoms with Crippen LogP contribution in [-0.4, -0.2) is 68.1 Å². The van der Waals surface area contributed by atoms with E-state index in [-0.39, 0.29) is 5.91 Å². The van der Waals surface area contributed by atoms with E-state index < -0.39 is 0 Å². The van der Waals surface area contributed by atoms with E-state index in [2.05, 4.69) is 28.0 Å². The molecular weight excluding hydrogens is 354 g/mol. The van der Waals surface area contributed by atoms with Gasteiger partial charge in [-0.2, -0.15) is 0 Å². The van der Waals surface area contributed by atoms with E-state index in [1.54, 1.807) is 25.5 Å². The number of hydrogen-bond acceptors (Lipinski definition) is 5. The molecule has 0 atom stereocenters. The maximum atomic E-state index is 12.5. The standard InChI is InChI=1S/C22H29N3O3/c1-27-20-6-2-5-19(17-20)24-12-8-18(9-13-24)23-10-4-11-25(15-14-23)22(26)21-7-3-16-28-21/h2-3,5-7,16-18H,4,8-15H2,1H3. The minimum Gasteiger partial charge on any atom is -0.497 e. The van der Waals surface area contributed by atoms with Crippen LogP contribution in [0.15, 0.2) is 47.1 Å². The Labute approximate surface area is 166 Å². The zero-order valence-electron chi connectivity index (χ0n) is 16.5. The van der Waals surface area contributed by atoms with Crippen LogP contribution >= 0.6 is 0 Å². The van der Waals surface area contributed by atoms with Crippen molar-refractivity contribution in [1.82, 2.24) is 9.80 Å². The van der Waals surface area contributed by atoms with Gasteiger partial charge in [-0.1, -0.05) is 6.07 Å². The number of nitrogens with zero attached hydrogens (tertiary/aromatic N) is 3. The molecule has 0 bridgehead atoms. The summed E-state index contributed by atoms with van der Waals surface area (Å²) < 4.78 is 10.6. The van der Waals surface area contributed by atoms with Gasteiger partial charge in [0.05, 0.1) is 13.4 Å². The predicted molar refractivity (Wildman–Crippen MR) is 109 cm³/mol. The minimum atomic E-state index is 0.0136. The summed E-state index contributed by atoms with van der Waals surface area (Å²) in [5.74, 6) is 1.37. The van der Waals surface area contributed by atoms with Crippen LogP contribution in [0.3, 0.4) is 0 Å². The van der Waals surface area contributed by atoms with E-state index in [1.807, 2.05) is 11.0 Å². The number of carbonyl (C=O) groups is 1. The molecule has 2 saturated heterocycles. The molecule has 0 unspecified atom stereocenters. The number of benzene rings is 1. The average Bonchev–Trinajstić information content (AvgIpc) is 3.18. The summed E-state index contributed by atoms with van der Waals surface area (Å²) in [7, 11) is 1.71. The van der Waals surface area contributed by atoms with E-state index in [9.17, 15) is 4.79 Å². The molecule has 28 heavy (non-hydrogen) atoms. The molecule has 1 aromatic carbocycles. The second kappa shape index (κ2) is 8.69. The van der Waals surface area contributed by atoms with Crippen molar-refractivity contribution in [3.8, 4) is 5.75 Å². The Morgan fingerprint density at radius 3 is 2.64 bits per heavy atom. The second-order valence-electron chi connectivity index (χ2n) is 7.58. The lowest BCUT2D eigenvalue weighted by molar-refractivity contribution is 0.0724. The van der Waals surface area contributed by atoms with Crippen molar-refractivity contribution in [2.75, 3.05) is 51.3 Å². The lowest BCUT2D eigenvalue weighted by Crippen LogP contribution is -2.46. The number of anilines is 1. The van der Waals surface area contributed by atoms with Crippen LogP contribution in [-0.2, 0) is 0 Å². The van der Waals surface area contributed by atoms with Gasteiger partial charge in [0.1, 0.15) is 5.75 Å². The first-order valence-corrected chi connectivity index (χ1v) is 10.2. The van der Waals surface area contributed by atoms with Crippen LogP contribution in [0.5, 0.6) is 5.75 Å². The van der Waals surface area contributed by atoms with Gasteiger partial charge in [0, 0.05) is 57.1 Å². The molecule has 1 aromatic heterocycles. The summed E-state index contributed by atoms with van der Waals surface area (Å²) in [4.78, 5) is 19.5. The molecule has 1 amide bonds. The van der Waals surface area contributed by atoms with Crippen molar-refractivity contribution < 1.29 is 13.9 Å². The molecule has 2 aromatic rings.